The second-order valence-corrected chi connectivity index (χ2v) is 9.04. The van der Waals surface area contributed by atoms with Crippen LogP contribution in [0, 0.1) is 0 Å². The van der Waals surface area contributed by atoms with Crippen LogP contribution >= 0.6 is 11.8 Å². The first-order chi connectivity index (χ1) is 12.5. The van der Waals surface area contributed by atoms with Gasteiger partial charge in [-0.1, -0.05) is 18.7 Å². The Morgan fingerprint density at radius 3 is 2.38 bits per heavy atom. The SMILES string of the molecule is CCSc1nnc(C2CCN(CC(=O)N3C(C)CCCC3C)CC2)n1C. The summed E-state index contributed by atoms with van der Waals surface area (Å²) in [4.78, 5) is 17.3. The molecule has 3 heterocycles. The zero-order chi connectivity index (χ0) is 18.7. The molecule has 0 spiro atoms. The van der Waals surface area contributed by atoms with Gasteiger partial charge >= 0.3 is 0 Å². The number of aromatic nitrogens is 3. The highest BCUT2D eigenvalue weighted by atomic mass is 32.2. The summed E-state index contributed by atoms with van der Waals surface area (Å²) >= 11 is 1.74. The van der Waals surface area contributed by atoms with Crippen molar-refractivity contribution in [3.63, 3.8) is 0 Å². The molecule has 1 aromatic rings. The number of thioether (sulfide) groups is 1. The van der Waals surface area contributed by atoms with Crippen molar-refractivity contribution in [2.75, 3.05) is 25.4 Å². The van der Waals surface area contributed by atoms with E-state index in [1.165, 1.54) is 6.42 Å². The van der Waals surface area contributed by atoms with E-state index in [9.17, 15) is 4.79 Å². The van der Waals surface area contributed by atoms with Crippen LogP contribution in [0.15, 0.2) is 5.16 Å². The van der Waals surface area contributed by atoms with Gasteiger partial charge in [-0.2, -0.15) is 0 Å². The van der Waals surface area contributed by atoms with Gasteiger partial charge in [0.1, 0.15) is 5.82 Å². The second kappa shape index (κ2) is 8.74. The van der Waals surface area contributed by atoms with Crippen molar-refractivity contribution in [2.24, 2.45) is 7.05 Å². The molecule has 2 aliphatic rings. The maximum absolute atomic E-state index is 12.8. The van der Waals surface area contributed by atoms with Gasteiger partial charge in [0.25, 0.3) is 0 Å². The average Bonchev–Trinajstić information content (AvgIpc) is 2.97. The molecule has 1 aromatic heterocycles. The summed E-state index contributed by atoms with van der Waals surface area (Å²) in [5.74, 6) is 2.88. The van der Waals surface area contributed by atoms with Crippen LogP contribution in [-0.4, -0.2) is 67.9 Å². The molecule has 0 aromatic carbocycles. The lowest BCUT2D eigenvalue weighted by molar-refractivity contribution is -0.138. The van der Waals surface area contributed by atoms with E-state index >= 15 is 0 Å². The van der Waals surface area contributed by atoms with E-state index in [0.29, 0.717) is 30.5 Å². The summed E-state index contributed by atoms with van der Waals surface area (Å²) in [6.07, 6.45) is 5.64. The molecule has 2 aliphatic heterocycles. The van der Waals surface area contributed by atoms with Gasteiger partial charge in [-0.15, -0.1) is 10.2 Å². The molecule has 2 atom stereocenters. The molecule has 2 saturated heterocycles. The number of hydrogen-bond acceptors (Lipinski definition) is 5. The molecule has 2 unspecified atom stereocenters. The number of rotatable bonds is 5. The van der Waals surface area contributed by atoms with Gasteiger partial charge in [-0.25, -0.2) is 0 Å². The van der Waals surface area contributed by atoms with Crippen molar-refractivity contribution in [1.29, 1.82) is 0 Å². The predicted octanol–water partition coefficient (Wildman–Crippen LogP) is 2.90. The van der Waals surface area contributed by atoms with Crippen molar-refractivity contribution in [3.05, 3.63) is 5.82 Å². The summed E-state index contributed by atoms with van der Waals surface area (Å²) < 4.78 is 2.15. The van der Waals surface area contributed by atoms with Crippen LogP contribution in [0.1, 0.15) is 64.6 Å². The first-order valence-corrected chi connectivity index (χ1v) is 11.0. The number of carbonyl (C=O) groups excluding carboxylic acids is 1. The molecule has 0 saturated carbocycles. The van der Waals surface area contributed by atoms with Gasteiger partial charge in [0, 0.05) is 25.0 Å². The van der Waals surface area contributed by atoms with E-state index in [1.54, 1.807) is 11.8 Å². The lowest BCUT2D eigenvalue weighted by atomic mass is 9.95. The predicted molar refractivity (Wildman–Crippen MR) is 105 cm³/mol. The maximum atomic E-state index is 12.8. The number of likely N-dealkylation sites (tertiary alicyclic amines) is 2. The Kier molecular flexibility index (Phi) is 6.61. The normalized spacial score (nSPS) is 25.6. The van der Waals surface area contributed by atoms with Gasteiger partial charge in [0.05, 0.1) is 6.54 Å². The van der Waals surface area contributed by atoms with Crippen molar-refractivity contribution in [1.82, 2.24) is 24.6 Å². The van der Waals surface area contributed by atoms with E-state index in [-0.39, 0.29) is 0 Å². The molecular weight excluding hydrogens is 346 g/mol. The van der Waals surface area contributed by atoms with Crippen molar-refractivity contribution >= 4 is 17.7 Å². The van der Waals surface area contributed by atoms with Crippen LogP contribution in [-0.2, 0) is 11.8 Å². The zero-order valence-electron chi connectivity index (χ0n) is 16.6. The van der Waals surface area contributed by atoms with Gasteiger partial charge < -0.3 is 9.47 Å². The topological polar surface area (TPSA) is 54.3 Å². The first-order valence-electron chi connectivity index (χ1n) is 10.1. The van der Waals surface area contributed by atoms with Crippen LogP contribution < -0.4 is 0 Å². The van der Waals surface area contributed by atoms with Crippen LogP contribution in [0.4, 0.5) is 0 Å². The van der Waals surface area contributed by atoms with E-state index < -0.39 is 0 Å². The Morgan fingerprint density at radius 2 is 1.77 bits per heavy atom. The summed E-state index contributed by atoms with van der Waals surface area (Å²) in [6.45, 7) is 9.03. The van der Waals surface area contributed by atoms with Crippen molar-refractivity contribution in [2.45, 2.75) is 76.0 Å². The Morgan fingerprint density at radius 1 is 1.12 bits per heavy atom. The highest BCUT2D eigenvalue weighted by molar-refractivity contribution is 7.99. The molecule has 3 rings (SSSR count). The van der Waals surface area contributed by atoms with Crippen LogP contribution in [0.2, 0.25) is 0 Å². The summed E-state index contributed by atoms with van der Waals surface area (Å²) in [6, 6.07) is 0.772. The quantitative estimate of drug-likeness (QED) is 0.736. The number of piperidine rings is 2. The fourth-order valence-corrected chi connectivity index (χ4v) is 5.12. The van der Waals surface area contributed by atoms with Crippen molar-refractivity contribution in [3.8, 4) is 0 Å². The number of nitrogens with zero attached hydrogens (tertiary/aromatic N) is 5. The maximum Gasteiger partial charge on any atom is 0.237 e. The first kappa shape index (κ1) is 19.7. The van der Waals surface area contributed by atoms with Gasteiger partial charge in [0.2, 0.25) is 5.91 Å². The third kappa shape index (κ3) is 4.25. The minimum absolute atomic E-state index is 0.309. The van der Waals surface area contributed by atoms with E-state index in [0.717, 1.165) is 55.5 Å². The molecule has 26 heavy (non-hydrogen) atoms. The summed E-state index contributed by atoms with van der Waals surface area (Å²) in [5.41, 5.74) is 0. The largest absolute Gasteiger partial charge is 0.336 e. The third-order valence-corrected chi connectivity index (χ3v) is 6.84. The minimum atomic E-state index is 0.309. The van der Waals surface area contributed by atoms with E-state index in [1.807, 2.05) is 0 Å². The number of carbonyl (C=O) groups is 1. The Hall–Kier alpha value is -1.08. The Bertz CT molecular complexity index is 601. The molecule has 6 nitrogen and oxygen atoms in total. The molecule has 7 heteroatoms. The Balaban J connectivity index is 1.53. The van der Waals surface area contributed by atoms with Crippen LogP contribution in [0.5, 0.6) is 0 Å². The summed E-state index contributed by atoms with van der Waals surface area (Å²) in [5, 5.41) is 9.77. The van der Waals surface area contributed by atoms with Gasteiger partial charge in [0.15, 0.2) is 5.16 Å². The molecule has 0 radical (unpaired) electrons. The van der Waals surface area contributed by atoms with E-state index in [4.69, 9.17) is 0 Å². The molecular formula is C19H33N5OS. The molecule has 0 aliphatic carbocycles. The number of amides is 1. The monoisotopic (exact) mass is 379 g/mol. The zero-order valence-corrected chi connectivity index (χ0v) is 17.5. The van der Waals surface area contributed by atoms with Gasteiger partial charge in [-0.05, 0) is 64.8 Å². The molecule has 2 fully saturated rings. The lowest BCUT2D eigenvalue weighted by Gasteiger charge is -2.41. The lowest BCUT2D eigenvalue weighted by Crippen LogP contribution is -2.51. The van der Waals surface area contributed by atoms with E-state index in [2.05, 4.69) is 52.4 Å². The Labute approximate surface area is 161 Å². The van der Waals surface area contributed by atoms with Gasteiger partial charge in [-0.3, -0.25) is 9.69 Å². The molecule has 0 N–H and O–H groups in total. The standard InChI is InChI=1S/C19H33N5OS/c1-5-26-19-21-20-18(22(19)4)16-9-11-23(12-10-16)13-17(25)24-14(2)7-6-8-15(24)3/h14-16H,5-13H2,1-4H3. The highest BCUT2D eigenvalue weighted by Crippen LogP contribution is 2.29. The molecule has 0 bridgehead atoms. The third-order valence-electron chi connectivity index (χ3n) is 5.94. The smallest absolute Gasteiger partial charge is 0.237 e. The highest BCUT2D eigenvalue weighted by Gasteiger charge is 2.31. The number of hydrogen-bond donors (Lipinski definition) is 0. The molecule has 1 amide bonds. The van der Waals surface area contributed by atoms with Crippen LogP contribution in [0.3, 0.4) is 0 Å². The summed E-state index contributed by atoms with van der Waals surface area (Å²) in [7, 11) is 2.07. The fourth-order valence-electron chi connectivity index (χ4n) is 4.47. The fraction of sp³-hybridized carbons (Fsp3) is 0.842. The average molecular weight is 380 g/mol. The minimum Gasteiger partial charge on any atom is -0.336 e. The molecule has 146 valence electrons. The van der Waals surface area contributed by atoms with Crippen molar-refractivity contribution < 1.29 is 4.79 Å². The van der Waals surface area contributed by atoms with Crippen LogP contribution in [0.25, 0.3) is 0 Å². The second-order valence-electron chi connectivity index (χ2n) is 7.81.